The van der Waals surface area contributed by atoms with E-state index in [1.54, 1.807) is 11.8 Å². The molecule has 1 aromatic heterocycles. The Bertz CT molecular complexity index is 547. The second-order valence-corrected chi connectivity index (χ2v) is 5.98. The van der Waals surface area contributed by atoms with Gasteiger partial charge in [-0.3, -0.25) is 0 Å². The van der Waals surface area contributed by atoms with E-state index in [1.165, 1.54) is 0 Å². The number of benzene rings is 1. The number of thioether (sulfide) groups is 1. The molecule has 0 amide bonds. The van der Waals surface area contributed by atoms with Crippen molar-refractivity contribution in [1.29, 1.82) is 0 Å². The lowest BCUT2D eigenvalue weighted by Gasteiger charge is -2.03. The standard InChI is InChI=1S/C14H17ClN2O2S/c1-2-4-11(18)8-14-16-13(17-19-14)9-20-12-6-3-5-10(15)7-12/h3,5-7,11,18H,2,4,8-9H2,1H3. The summed E-state index contributed by atoms with van der Waals surface area (Å²) < 4.78 is 5.13. The van der Waals surface area contributed by atoms with Gasteiger partial charge in [0.15, 0.2) is 5.82 Å². The molecule has 0 bridgehead atoms. The third-order valence-corrected chi connectivity index (χ3v) is 3.93. The molecular weight excluding hydrogens is 296 g/mol. The number of aliphatic hydroxyl groups excluding tert-OH is 1. The van der Waals surface area contributed by atoms with Gasteiger partial charge in [-0.25, -0.2) is 0 Å². The molecule has 1 atom stereocenters. The zero-order valence-corrected chi connectivity index (χ0v) is 12.8. The van der Waals surface area contributed by atoms with Crippen LogP contribution in [-0.4, -0.2) is 21.4 Å². The van der Waals surface area contributed by atoms with E-state index in [0.29, 0.717) is 28.9 Å². The second-order valence-electron chi connectivity index (χ2n) is 4.50. The van der Waals surface area contributed by atoms with Crippen LogP contribution >= 0.6 is 23.4 Å². The summed E-state index contributed by atoms with van der Waals surface area (Å²) in [4.78, 5) is 5.34. The van der Waals surface area contributed by atoms with Crippen LogP contribution in [-0.2, 0) is 12.2 Å². The number of nitrogens with zero attached hydrogens (tertiary/aromatic N) is 2. The van der Waals surface area contributed by atoms with E-state index in [9.17, 15) is 5.11 Å². The van der Waals surface area contributed by atoms with E-state index in [1.807, 2.05) is 31.2 Å². The van der Waals surface area contributed by atoms with Crippen molar-refractivity contribution in [2.45, 2.75) is 42.9 Å². The van der Waals surface area contributed by atoms with Gasteiger partial charge < -0.3 is 9.63 Å². The maximum Gasteiger partial charge on any atom is 0.229 e. The molecule has 0 aliphatic rings. The molecule has 0 aliphatic heterocycles. The Morgan fingerprint density at radius 2 is 2.30 bits per heavy atom. The van der Waals surface area contributed by atoms with Gasteiger partial charge in [-0.05, 0) is 24.6 Å². The largest absolute Gasteiger partial charge is 0.393 e. The van der Waals surface area contributed by atoms with E-state index < -0.39 is 6.10 Å². The summed E-state index contributed by atoms with van der Waals surface area (Å²) in [7, 11) is 0. The van der Waals surface area contributed by atoms with Crippen molar-refractivity contribution in [2.24, 2.45) is 0 Å². The highest BCUT2D eigenvalue weighted by Gasteiger charge is 2.11. The minimum absolute atomic E-state index is 0.408. The van der Waals surface area contributed by atoms with Crippen LogP contribution in [0.25, 0.3) is 0 Å². The molecule has 0 aliphatic carbocycles. The van der Waals surface area contributed by atoms with Gasteiger partial charge in [0.25, 0.3) is 0 Å². The molecule has 0 saturated carbocycles. The van der Waals surface area contributed by atoms with Crippen molar-refractivity contribution in [3.8, 4) is 0 Å². The molecule has 0 saturated heterocycles. The summed E-state index contributed by atoms with van der Waals surface area (Å²) >= 11 is 7.53. The SMILES string of the molecule is CCCC(O)Cc1nc(CSc2cccc(Cl)c2)no1. The third kappa shape index (κ3) is 4.81. The molecule has 20 heavy (non-hydrogen) atoms. The van der Waals surface area contributed by atoms with Gasteiger partial charge in [0.05, 0.1) is 18.3 Å². The van der Waals surface area contributed by atoms with E-state index >= 15 is 0 Å². The fourth-order valence-electron chi connectivity index (χ4n) is 1.77. The number of hydrogen-bond acceptors (Lipinski definition) is 5. The van der Waals surface area contributed by atoms with E-state index in [-0.39, 0.29) is 0 Å². The number of rotatable bonds is 7. The van der Waals surface area contributed by atoms with E-state index in [4.69, 9.17) is 16.1 Å². The van der Waals surface area contributed by atoms with Gasteiger partial charge in [-0.2, -0.15) is 4.98 Å². The number of hydrogen-bond donors (Lipinski definition) is 1. The summed E-state index contributed by atoms with van der Waals surface area (Å²) in [5.74, 6) is 1.74. The molecule has 4 nitrogen and oxygen atoms in total. The Balaban J connectivity index is 1.86. The Hall–Kier alpha value is -1.04. The average molecular weight is 313 g/mol. The van der Waals surface area contributed by atoms with Gasteiger partial charge in [-0.15, -0.1) is 11.8 Å². The fraction of sp³-hybridized carbons (Fsp3) is 0.429. The summed E-state index contributed by atoms with van der Waals surface area (Å²) in [6, 6.07) is 7.64. The van der Waals surface area contributed by atoms with Gasteiger partial charge in [-0.1, -0.05) is 36.2 Å². The molecule has 0 spiro atoms. The molecule has 1 N–H and O–H groups in total. The van der Waals surface area contributed by atoms with Gasteiger partial charge in [0.1, 0.15) is 0 Å². The van der Waals surface area contributed by atoms with Gasteiger partial charge >= 0.3 is 0 Å². The Kier molecular flexibility index (Phi) is 5.88. The van der Waals surface area contributed by atoms with Crippen LogP contribution < -0.4 is 0 Å². The second kappa shape index (κ2) is 7.67. The Labute approximate surface area is 127 Å². The fourth-order valence-corrected chi connectivity index (χ4v) is 2.83. The maximum atomic E-state index is 9.70. The van der Waals surface area contributed by atoms with Crippen molar-refractivity contribution < 1.29 is 9.63 Å². The first-order valence-corrected chi connectivity index (χ1v) is 7.91. The highest BCUT2D eigenvalue weighted by atomic mass is 35.5. The van der Waals surface area contributed by atoms with Crippen LogP contribution in [0, 0.1) is 0 Å². The summed E-state index contributed by atoms with van der Waals surface area (Å²) in [5, 5.41) is 14.3. The monoisotopic (exact) mass is 312 g/mol. The molecule has 2 rings (SSSR count). The normalized spacial score (nSPS) is 12.6. The molecule has 108 valence electrons. The smallest absolute Gasteiger partial charge is 0.229 e. The minimum atomic E-state index is -0.408. The molecule has 1 heterocycles. The molecular formula is C14H17ClN2O2S. The van der Waals surface area contributed by atoms with E-state index in [0.717, 1.165) is 17.7 Å². The van der Waals surface area contributed by atoms with Crippen molar-refractivity contribution in [1.82, 2.24) is 10.1 Å². The lowest BCUT2D eigenvalue weighted by atomic mass is 10.1. The molecule has 6 heteroatoms. The predicted molar refractivity (Wildman–Crippen MR) is 79.9 cm³/mol. The van der Waals surface area contributed by atoms with Crippen molar-refractivity contribution >= 4 is 23.4 Å². The van der Waals surface area contributed by atoms with Crippen molar-refractivity contribution in [2.75, 3.05) is 0 Å². The minimum Gasteiger partial charge on any atom is -0.393 e. The first kappa shape index (κ1) is 15.4. The summed E-state index contributed by atoms with van der Waals surface area (Å²) in [5.41, 5.74) is 0. The lowest BCUT2D eigenvalue weighted by molar-refractivity contribution is 0.151. The van der Waals surface area contributed by atoms with Crippen LogP contribution in [0.3, 0.4) is 0 Å². The predicted octanol–water partition coefficient (Wildman–Crippen LogP) is 3.72. The molecule has 1 aromatic carbocycles. The number of halogens is 1. The average Bonchev–Trinajstić information content (AvgIpc) is 2.84. The molecule has 1 unspecified atom stereocenters. The van der Waals surface area contributed by atoms with Crippen LogP contribution in [0.15, 0.2) is 33.7 Å². The maximum absolute atomic E-state index is 9.70. The van der Waals surface area contributed by atoms with Crippen LogP contribution in [0.2, 0.25) is 5.02 Å². The third-order valence-electron chi connectivity index (χ3n) is 2.71. The van der Waals surface area contributed by atoms with Crippen LogP contribution in [0.4, 0.5) is 0 Å². The first-order valence-electron chi connectivity index (χ1n) is 6.55. The lowest BCUT2D eigenvalue weighted by Crippen LogP contribution is -2.09. The highest BCUT2D eigenvalue weighted by Crippen LogP contribution is 2.24. The molecule has 0 radical (unpaired) electrons. The van der Waals surface area contributed by atoms with Crippen molar-refractivity contribution in [3.63, 3.8) is 0 Å². The van der Waals surface area contributed by atoms with E-state index in [2.05, 4.69) is 10.1 Å². The first-order chi connectivity index (χ1) is 9.67. The number of aromatic nitrogens is 2. The molecule has 0 fully saturated rings. The Morgan fingerprint density at radius 1 is 1.45 bits per heavy atom. The quantitative estimate of drug-likeness (QED) is 0.790. The topological polar surface area (TPSA) is 59.2 Å². The highest BCUT2D eigenvalue weighted by molar-refractivity contribution is 7.98. The van der Waals surface area contributed by atoms with Gasteiger partial charge in [0.2, 0.25) is 5.89 Å². The van der Waals surface area contributed by atoms with Crippen molar-refractivity contribution in [3.05, 3.63) is 41.0 Å². The summed E-state index contributed by atoms with van der Waals surface area (Å²) in [6.45, 7) is 2.03. The zero-order chi connectivity index (χ0) is 14.4. The zero-order valence-electron chi connectivity index (χ0n) is 11.3. The van der Waals surface area contributed by atoms with Gasteiger partial charge in [0, 0.05) is 9.92 Å². The Morgan fingerprint density at radius 3 is 3.05 bits per heavy atom. The van der Waals surface area contributed by atoms with Crippen LogP contribution in [0.5, 0.6) is 0 Å². The summed E-state index contributed by atoms with van der Waals surface area (Å²) in [6.07, 6.45) is 1.69. The van der Waals surface area contributed by atoms with Crippen LogP contribution in [0.1, 0.15) is 31.5 Å². The molecule has 2 aromatic rings. The number of aliphatic hydroxyl groups is 1.